The lowest BCUT2D eigenvalue weighted by atomic mass is 10.3. The third-order valence-electron chi connectivity index (χ3n) is 2.16. The minimum Gasteiger partial charge on any atom is -0.287 e. The van der Waals surface area contributed by atoms with Gasteiger partial charge in [0.15, 0.2) is 0 Å². The Bertz CT molecular complexity index is 212. The first-order valence-electron chi connectivity index (χ1n) is 4.22. The lowest BCUT2D eigenvalue weighted by Gasteiger charge is -2.21. The van der Waals surface area contributed by atoms with Gasteiger partial charge >= 0.3 is 0 Å². The summed E-state index contributed by atoms with van der Waals surface area (Å²) in [5.41, 5.74) is 0. The fourth-order valence-electron chi connectivity index (χ4n) is 1.33. The molecule has 1 rings (SSSR count). The lowest BCUT2D eigenvalue weighted by molar-refractivity contribution is 0.266. The number of nitrogens with zero attached hydrogens (tertiary/aromatic N) is 2. The van der Waals surface area contributed by atoms with Crippen molar-refractivity contribution in [1.29, 1.82) is 5.26 Å². The van der Waals surface area contributed by atoms with Crippen LogP contribution in [0.15, 0.2) is 0 Å². The first kappa shape index (κ1) is 9.69. The molecule has 0 radical (unpaired) electrons. The molecule has 68 valence electrons. The highest BCUT2D eigenvalue weighted by Crippen LogP contribution is 2.05. The van der Waals surface area contributed by atoms with Crippen LogP contribution in [0.2, 0.25) is 0 Å². The van der Waals surface area contributed by atoms with Gasteiger partial charge in [0, 0.05) is 35.4 Å². The zero-order chi connectivity index (χ0) is 8.97. The minimum atomic E-state index is -0.648. The van der Waals surface area contributed by atoms with Crippen LogP contribution in [0.25, 0.3) is 0 Å². The summed E-state index contributed by atoms with van der Waals surface area (Å²) in [5.74, 6) is 1.53. The van der Waals surface area contributed by atoms with E-state index in [0.29, 0.717) is 0 Å². The summed E-state index contributed by atoms with van der Waals surface area (Å²) >= 11 is 0. The quantitative estimate of drug-likeness (QED) is 0.593. The molecule has 3 nitrogen and oxygen atoms in total. The third kappa shape index (κ3) is 2.58. The molecule has 0 N–H and O–H groups in total. The Morgan fingerprint density at radius 2 is 2.25 bits per heavy atom. The number of rotatable bonds is 1. The van der Waals surface area contributed by atoms with Crippen LogP contribution >= 0.6 is 0 Å². The molecule has 2 atom stereocenters. The van der Waals surface area contributed by atoms with Crippen molar-refractivity contribution in [2.24, 2.45) is 0 Å². The average Bonchev–Trinajstić information content (AvgIpc) is 2.29. The Balaban J connectivity index is 2.47. The zero-order valence-electron chi connectivity index (χ0n) is 7.32. The summed E-state index contributed by atoms with van der Waals surface area (Å²) in [4.78, 5) is 2.10. The van der Waals surface area contributed by atoms with Crippen molar-refractivity contribution in [2.45, 2.75) is 19.4 Å². The number of hydrogen-bond donors (Lipinski definition) is 0. The molecule has 0 aliphatic carbocycles. The van der Waals surface area contributed by atoms with Crippen LogP contribution in [-0.4, -0.2) is 39.7 Å². The average molecular weight is 186 g/mol. The first-order valence-corrected chi connectivity index (χ1v) is 5.71. The van der Waals surface area contributed by atoms with Crippen molar-refractivity contribution >= 4 is 10.8 Å². The van der Waals surface area contributed by atoms with Crippen LogP contribution in [0.1, 0.15) is 13.3 Å². The molecule has 1 saturated heterocycles. The van der Waals surface area contributed by atoms with Gasteiger partial charge in [0.05, 0.1) is 12.1 Å². The predicted molar refractivity (Wildman–Crippen MR) is 49.1 cm³/mol. The van der Waals surface area contributed by atoms with Gasteiger partial charge in [-0.1, -0.05) is 0 Å². The second kappa shape index (κ2) is 4.58. The van der Waals surface area contributed by atoms with E-state index in [1.807, 2.05) is 6.92 Å². The second-order valence-corrected chi connectivity index (χ2v) is 4.74. The van der Waals surface area contributed by atoms with Crippen LogP contribution in [-0.2, 0) is 10.8 Å². The van der Waals surface area contributed by atoms with E-state index in [2.05, 4.69) is 11.0 Å². The molecule has 12 heavy (non-hydrogen) atoms. The predicted octanol–water partition coefficient (Wildman–Crippen LogP) is 0.353. The van der Waals surface area contributed by atoms with Gasteiger partial charge in [-0.15, -0.1) is 0 Å². The molecule has 1 aliphatic heterocycles. The summed E-state index contributed by atoms with van der Waals surface area (Å²) < 4.78 is 11.1. The summed E-state index contributed by atoms with van der Waals surface area (Å²) in [6, 6.07) is 2.18. The Morgan fingerprint density at radius 1 is 1.50 bits per heavy atom. The maximum absolute atomic E-state index is 11.1. The van der Waals surface area contributed by atoms with E-state index in [9.17, 15) is 4.21 Å². The topological polar surface area (TPSA) is 44.1 Å². The molecule has 2 unspecified atom stereocenters. The van der Waals surface area contributed by atoms with Crippen molar-refractivity contribution < 1.29 is 4.21 Å². The van der Waals surface area contributed by atoms with Gasteiger partial charge in [0.1, 0.15) is 0 Å². The highest BCUT2D eigenvalue weighted by molar-refractivity contribution is 7.85. The van der Waals surface area contributed by atoms with Gasteiger partial charge in [0.25, 0.3) is 0 Å². The van der Waals surface area contributed by atoms with Crippen molar-refractivity contribution in [3.8, 4) is 6.07 Å². The fourth-order valence-corrected chi connectivity index (χ4v) is 2.42. The highest BCUT2D eigenvalue weighted by Gasteiger charge is 2.17. The van der Waals surface area contributed by atoms with Crippen molar-refractivity contribution in [1.82, 2.24) is 4.90 Å². The highest BCUT2D eigenvalue weighted by atomic mass is 32.2. The summed E-state index contributed by atoms with van der Waals surface area (Å²) in [6.07, 6.45) is 0.957. The van der Waals surface area contributed by atoms with Crippen molar-refractivity contribution in [3.63, 3.8) is 0 Å². The van der Waals surface area contributed by atoms with Crippen LogP contribution < -0.4 is 0 Å². The van der Waals surface area contributed by atoms with Crippen LogP contribution in [0.3, 0.4) is 0 Å². The van der Waals surface area contributed by atoms with E-state index in [1.165, 1.54) is 0 Å². The first-order chi connectivity index (χ1) is 5.74. The smallest absolute Gasteiger partial charge is 0.0949 e. The van der Waals surface area contributed by atoms with Gasteiger partial charge in [-0.2, -0.15) is 5.26 Å². The molecule has 0 bridgehead atoms. The van der Waals surface area contributed by atoms with E-state index in [0.717, 1.165) is 31.0 Å². The monoisotopic (exact) mass is 186 g/mol. The molecular formula is C8H14N2OS. The third-order valence-corrected chi connectivity index (χ3v) is 3.54. The molecular weight excluding hydrogens is 172 g/mol. The van der Waals surface area contributed by atoms with Crippen LogP contribution in [0.5, 0.6) is 0 Å². The molecule has 0 aromatic carbocycles. The van der Waals surface area contributed by atoms with E-state index >= 15 is 0 Å². The number of nitriles is 1. The standard InChI is InChI=1S/C8H14N2OS/c1-8(7-9)10-3-2-5-12(11)6-4-10/h8H,2-6H2,1H3. The Kier molecular flexibility index (Phi) is 3.70. The molecule has 0 spiro atoms. The maximum Gasteiger partial charge on any atom is 0.0949 e. The van der Waals surface area contributed by atoms with Gasteiger partial charge in [-0.25, -0.2) is 0 Å². The summed E-state index contributed by atoms with van der Waals surface area (Å²) in [6.45, 7) is 3.62. The van der Waals surface area contributed by atoms with E-state index in [-0.39, 0.29) is 6.04 Å². The molecule has 0 amide bonds. The summed E-state index contributed by atoms with van der Waals surface area (Å²) in [7, 11) is -0.648. The van der Waals surface area contributed by atoms with Gasteiger partial charge in [0.2, 0.25) is 0 Å². The molecule has 1 fully saturated rings. The lowest BCUT2D eigenvalue weighted by Crippen LogP contribution is -2.34. The Labute approximate surface area is 75.8 Å². The Hall–Kier alpha value is -0.400. The molecule has 0 saturated carbocycles. The Morgan fingerprint density at radius 3 is 2.92 bits per heavy atom. The van der Waals surface area contributed by atoms with Gasteiger partial charge in [-0.3, -0.25) is 9.11 Å². The zero-order valence-corrected chi connectivity index (χ0v) is 8.14. The summed E-state index contributed by atoms with van der Waals surface area (Å²) in [5, 5.41) is 8.68. The van der Waals surface area contributed by atoms with Gasteiger partial charge in [-0.05, 0) is 13.3 Å². The molecule has 4 heteroatoms. The van der Waals surface area contributed by atoms with E-state index in [1.54, 1.807) is 0 Å². The molecule has 1 aliphatic rings. The largest absolute Gasteiger partial charge is 0.287 e. The maximum atomic E-state index is 11.1. The minimum absolute atomic E-state index is 0.0277. The van der Waals surface area contributed by atoms with Crippen molar-refractivity contribution in [2.75, 3.05) is 24.6 Å². The number of hydrogen-bond acceptors (Lipinski definition) is 3. The van der Waals surface area contributed by atoms with E-state index < -0.39 is 10.8 Å². The van der Waals surface area contributed by atoms with E-state index in [4.69, 9.17) is 5.26 Å². The fraction of sp³-hybridized carbons (Fsp3) is 0.875. The normalized spacial score (nSPS) is 28.8. The van der Waals surface area contributed by atoms with Crippen LogP contribution in [0.4, 0.5) is 0 Å². The molecule has 1 heterocycles. The SMILES string of the molecule is CC(C#N)N1CCCS(=O)CC1. The van der Waals surface area contributed by atoms with Crippen LogP contribution in [0, 0.1) is 11.3 Å². The van der Waals surface area contributed by atoms with Crippen molar-refractivity contribution in [3.05, 3.63) is 0 Å². The second-order valence-electron chi connectivity index (χ2n) is 3.04. The van der Waals surface area contributed by atoms with Gasteiger partial charge < -0.3 is 0 Å². The molecule has 0 aromatic rings. The molecule has 0 aromatic heterocycles.